The molecule has 0 spiro atoms. The lowest BCUT2D eigenvalue weighted by atomic mass is 9.81. The summed E-state index contributed by atoms with van der Waals surface area (Å²) in [6.45, 7) is 2.88. The Hall–Kier alpha value is -2.10. The monoisotopic (exact) mass is 323 g/mol. The van der Waals surface area contributed by atoms with Gasteiger partial charge in [0.05, 0.1) is 5.69 Å². The van der Waals surface area contributed by atoms with Crippen molar-refractivity contribution < 1.29 is 4.79 Å². The fraction of sp³-hybridized carbons (Fsp3) is 0.500. The molecule has 126 valence electrons. The van der Waals surface area contributed by atoms with Crippen molar-refractivity contribution >= 4 is 5.91 Å². The third-order valence-electron chi connectivity index (χ3n) is 5.40. The molecule has 2 heterocycles. The Morgan fingerprint density at radius 2 is 2.17 bits per heavy atom. The molecular weight excluding hydrogens is 298 g/mol. The number of carbonyl (C=O) groups excluding carboxylic acids is 1. The van der Waals surface area contributed by atoms with E-state index in [2.05, 4.69) is 45.3 Å². The van der Waals surface area contributed by atoms with Crippen molar-refractivity contribution in [2.24, 2.45) is 0 Å². The highest BCUT2D eigenvalue weighted by Crippen LogP contribution is 2.33. The van der Waals surface area contributed by atoms with Gasteiger partial charge in [0.15, 0.2) is 0 Å². The number of benzene rings is 1. The minimum absolute atomic E-state index is 0.196. The van der Waals surface area contributed by atoms with Crippen LogP contribution in [0, 0.1) is 6.92 Å². The van der Waals surface area contributed by atoms with Gasteiger partial charge in [-0.05, 0) is 49.7 Å². The van der Waals surface area contributed by atoms with Crippen molar-refractivity contribution in [1.29, 1.82) is 0 Å². The van der Waals surface area contributed by atoms with Gasteiger partial charge in [-0.15, -0.1) is 0 Å². The van der Waals surface area contributed by atoms with Gasteiger partial charge in [0.1, 0.15) is 5.82 Å². The zero-order chi connectivity index (χ0) is 16.5. The largest absolute Gasteiger partial charge is 0.352 e. The van der Waals surface area contributed by atoms with E-state index in [9.17, 15) is 4.79 Å². The molecule has 4 nitrogen and oxygen atoms in total. The molecule has 2 atom stereocenters. The van der Waals surface area contributed by atoms with Crippen molar-refractivity contribution in [2.75, 3.05) is 0 Å². The normalized spacial score (nSPS) is 22.5. The van der Waals surface area contributed by atoms with Crippen molar-refractivity contribution in [2.45, 2.75) is 64.0 Å². The first-order valence-electron chi connectivity index (χ1n) is 9.09. The Morgan fingerprint density at radius 3 is 3.08 bits per heavy atom. The van der Waals surface area contributed by atoms with Gasteiger partial charge >= 0.3 is 0 Å². The molecule has 0 saturated heterocycles. The first kappa shape index (κ1) is 15.4. The van der Waals surface area contributed by atoms with E-state index in [0.29, 0.717) is 12.3 Å². The maximum atomic E-state index is 12.6. The lowest BCUT2D eigenvalue weighted by Crippen LogP contribution is -2.41. The van der Waals surface area contributed by atoms with E-state index in [1.807, 2.05) is 6.92 Å². The van der Waals surface area contributed by atoms with Gasteiger partial charge < -0.3 is 9.88 Å². The molecule has 0 saturated carbocycles. The van der Waals surface area contributed by atoms with Gasteiger partial charge in [-0.1, -0.05) is 24.3 Å². The van der Waals surface area contributed by atoms with Crippen LogP contribution in [0.4, 0.5) is 0 Å². The number of imidazole rings is 1. The summed E-state index contributed by atoms with van der Waals surface area (Å²) in [6.07, 6.45) is 8.11. The standard InChI is InChI=1S/C20H25N3O/c1-14-12-23-13-17(9-10-19(23)21-14)22-20(24)11-16-7-4-6-15-5-2-3-8-18(15)16/h2-3,5,8,12,16-17H,4,6-7,9-11,13H2,1H3,(H,22,24)/t16-,17-/m0/s1. The van der Waals surface area contributed by atoms with Gasteiger partial charge in [0, 0.05) is 31.6 Å². The summed E-state index contributed by atoms with van der Waals surface area (Å²) in [5.74, 6) is 1.73. The highest BCUT2D eigenvalue weighted by Gasteiger charge is 2.25. The SMILES string of the molecule is Cc1cn2c(n1)CC[C@H](NC(=O)C[C@@H]1CCCc3ccccc31)C2. The highest BCUT2D eigenvalue weighted by atomic mass is 16.1. The number of fused-ring (bicyclic) bond motifs is 2. The van der Waals surface area contributed by atoms with Gasteiger partial charge in [-0.2, -0.15) is 0 Å². The van der Waals surface area contributed by atoms with E-state index in [1.54, 1.807) is 0 Å². The van der Waals surface area contributed by atoms with Crippen LogP contribution in [0.5, 0.6) is 0 Å². The molecule has 2 aromatic rings. The maximum absolute atomic E-state index is 12.6. The summed E-state index contributed by atoms with van der Waals surface area (Å²) in [7, 11) is 0. The Kier molecular flexibility index (Phi) is 4.13. The molecule has 24 heavy (non-hydrogen) atoms. The zero-order valence-electron chi connectivity index (χ0n) is 14.3. The highest BCUT2D eigenvalue weighted by molar-refractivity contribution is 5.77. The van der Waals surface area contributed by atoms with Crippen LogP contribution in [0.1, 0.15) is 54.2 Å². The lowest BCUT2D eigenvalue weighted by molar-refractivity contribution is -0.122. The molecule has 0 radical (unpaired) electrons. The molecule has 1 N–H and O–H groups in total. The number of aromatic nitrogens is 2. The third-order valence-corrected chi connectivity index (χ3v) is 5.40. The fourth-order valence-electron chi connectivity index (χ4n) is 4.28. The van der Waals surface area contributed by atoms with E-state index in [-0.39, 0.29) is 11.9 Å². The van der Waals surface area contributed by atoms with E-state index in [4.69, 9.17) is 0 Å². The smallest absolute Gasteiger partial charge is 0.220 e. The first-order chi connectivity index (χ1) is 11.7. The Bertz CT molecular complexity index is 749. The summed E-state index contributed by atoms with van der Waals surface area (Å²) in [5, 5.41) is 3.26. The molecule has 0 bridgehead atoms. The number of nitrogens with one attached hydrogen (secondary N) is 1. The van der Waals surface area contributed by atoms with Crippen LogP contribution in [0.15, 0.2) is 30.5 Å². The Labute approximate surface area is 143 Å². The van der Waals surface area contributed by atoms with Crippen LogP contribution in [-0.2, 0) is 24.2 Å². The van der Waals surface area contributed by atoms with Crippen molar-refractivity contribution in [3.63, 3.8) is 0 Å². The summed E-state index contributed by atoms with van der Waals surface area (Å²) >= 11 is 0. The van der Waals surface area contributed by atoms with Crippen molar-refractivity contribution in [1.82, 2.24) is 14.9 Å². The topological polar surface area (TPSA) is 46.9 Å². The van der Waals surface area contributed by atoms with E-state index < -0.39 is 0 Å². The van der Waals surface area contributed by atoms with Crippen LogP contribution < -0.4 is 5.32 Å². The van der Waals surface area contributed by atoms with E-state index in [0.717, 1.165) is 43.7 Å². The van der Waals surface area contributed by atoms with Crippen LogP contribution in [0.25, 0.3) is 0 Å². The molecule has 1 amide bonds. The Morgan fingerprint density at radius 1 is 1.29 bits per heavy atom. The number of amides is 1. The van der Waals surface area contributed by atoms with Crippen LogP contribution in [0.2, 0.25) is 0 Å². The molecule has 0 unspecified atom stereocenters. The van der Waals surface area contributed by atoms with Crippen LogP contribution in [-0.4, -0.2) is 21.5 Å². The molecule has 1 aromatic heterocycles. The molecule has 1 aliphatic carbocycles. The number of hydrogen-bond acceptors (Lipinski definition) is 2. The molecule has 4 rings (SSSR count). The van der Waals surface area contributed by atoms with E-state index >= 15 is 0 Å². The van der Waals surface area contributed by atoms with Crippen molar-refractivity contribution in [3.05, 3.63) is 53.1 Å². The predicted octanol–water partition coefficient (Wildman–Crippen LogP) is 3.13. The zero-order valence-corrected chi connectivity index (χ0v) is 14.3. The van der Waals surface area contributed by atoms with Gasteiger partial charge in [0.2, 0.25) is 5.91 Å². The maximum Gasteiger partial charge on any atom is 0.220 e. The second-order valence-electron chi connectivity index (χ2n) is 7.25. The molecular formula is C20H25N3O. The number of rotatable bonds is 3. The summed E-state index contributed by atoms with van der Waals surface area (Å²) in [4.78, 5) is 17.1. The minimum atomic E-state index is 0.196. The number of nitrogens with zero attached hydrogens (tertiary/aromatic N) is 2. The second-order valence-corrected chi connectivity index (χ2v) is 7.25. The molecule has 1 aromatic carbocycles. The number of hydrogen-bond donors (Lipinski definition) is 1. The third kappa shape index (κ3) is 3.10. The predicted molar refractivity (Wildman–Crippen MR) is 94.0 cm³/mol. The number of carbonyl (C=O) groups is 1. The average molecular weight is 323 g/mol. The summed E-state index contributed by atoms with van der Waals surface area (Å²) in [5.41, 5.74) is 3.88. The molecule has 0 fully saturated rings. The Balaban J connectivity index is 1.38. The first-order valence-corrected chi connectivity index (χ1v) is 9.09. The average Bonchev–Trinajstić information content (AvgIpc) is 2.94. The summed E-state index contributed by atoms with van der Waals surface area (Å²) in [6, 6.07) is 8.85. The number of aryl methyl sites for hydroxylation is 3. The molecule has 1 aliphatic heterocycles. The van der Waals surface area contributed by atoms with E-state index in [1.165, 1.54) is 17.5 Å². The fourth-order valence-corrected chi connectivity index (χ4v) is 4.28. The summed E-state index contributed by atoms with van der Waals surface area (Å²) < 4.78 is 2.19. The second kappa shape index (κ2) is 6.42. The van der Waals surface area contributed by atoms with Gasteiger partial charge in [-0.3, -0.25) is 4.79 Å². The quantitative estimate of drug-likeness (QED) is 0.943. The molecule has 4 heteroatoms. The van der Waals surface area contributed by atoms with Crippen LogP contribution >= 0.6 is 0 Å². The van der Waals surface area contributed by atoms with Crippen LogP contribution in [0.3, 0.4) is 0 Å². The minimum Gasteiger partial charge on any atom is -0.352 e. The molecule has 2 aliphatic rings. The lowest BCUT2D eigenvalue weighted by Gasteiger charge is -2.28. The van der Waals surface area contributed by atoms with Gasteiger partial charge in [-0.25, -0.2) is 4.98 Å². The van der Waals surface area contributed by atoms with Gasteiger partial charge in [0.25, 0.3) is 0 Å². The van der Waals surface area contributed by atoms with Crippen molar-refractivity contribution in [3.8, 4) is 0 Å².